The van der Waals surface area contributed by atoms with Gasteiger partial charge in [-0.25, -0.2) is 4.98 Å². The van der Waals surface area contributed by atoms with Crippen molar-refractivity contribution >= 4 is 22.8 Å². The smallest absolute Gasteiger partial charge is 0.222 e. The van der Waals surface area contributed by atoms with E-state index in [1.807, 2.05) is 11.7 Å². The highest BCUT2D eigenvalue weighted by atomic mass is 15.3. The van der Waals surface area contributed by atoms with Crippen molar-refractivity contribution in [3.8, 4) is 0 Å². The fraction of sp³-hybridized carbons (Fsp3) is 0.615. The van der Waals surface area contributed by atoms with E-state index in [1.54, 1.807) is 0 Å². The highest BCUT2D eigenvalue weighted by Crippen LogP contribution is 2.28. The second kappa shape index (κ2) is 4.90. The largest absolute Gasteiger partial charge is 0.368 e. The van der Waals surface area contributed by atoms with Crippen LogP contribution < -0.4 is 16.4 Å². The van der Waals surface area contributed by atoms with Crippen LogP contribution in [0.2, 0.25) is 0 Å². The minimum atomic E-state index is 0.195. The first-order valence-corrected chi connectivity index (χ1v) is 7.09. The summed E-state index contributed by atoms with van der Waals surface area (Å²) >= 11 is 0. The molecule has 108 valence electrons. The van der Waals surface area contributed by atoms with Gasteiger partial charge in [0.2, 0.25) is 5.95 Å². The summed E-state index contributed by atoms with van der Waals surface area (Å²) in [7, 11) is 1.95. The Kier molecular flexibility index (Phi) is 3.21. The molecular formula is C13H21N7. The number of nitrogen functional groups attached to an aromatic ring is 1. The van der Waals surface area contributed by atoms with Crippen LogP contribution in [0.25, 0.3) is 11.0 Å². The lowest BCUT2D eigenvalue weighted by Crippen LogP contribution is -2.27. The van der Waals surface area contributed by atoms with Gasteiger partial charge in [-0.1, -0.05) is 13.3 Å². The fourth-order valence-electron chi connectivity index (χ4n) is 2.83. The zero-order valence-electron chi connectivity index (χ0n) is 12.0. The van der Waals surface area contributed by atoms with Crippen LogP contribution in [-0.4, -0.2) is 38.9 Å². The van der Waals surface area contributed by atoms with Crippen molar-refractivity contribution in [1.82, 2.24) is 19.7 Å². The number of aryl methyl sites for hydroxylation is 2. The monoisotopic (exact) mass is 275 g/mol. The molecule has 1 atom stereocenters. The molecule has 3 heterocycles. The van der Waals surface area contributed by atoms with Crippen LogP contribution in [0.4, 0.5) is 11.8 Å². The number of nitrogens with zero attached hydrogens (tertiary/aromatic N) is 5. The van der Waals surface area contributed by atoms with Crippen molar-refractivity contribution in [2.45, 2.75) is 32.2 Å². The molecule has 2 aromatic rings. The average Bonchev–Trinajstić information content (AvgIpc) is 2.95. The first-order chi connectivity index (χ1) is 9.60. The highest BCUT2D eigenvalue weighted by Gasteiger charge is 2.25. The molecule has 0 aromatic carbocycles. The molecule has 0 spiro atoms. The van der Waals surface area contributed by atoms with Gasteiger partial charge in [-0.2, -0.15) is 10.1 Å². The number of anilines is 2. The Morgan fingerprint density at radius 2 is 2.10 bits per heavy atom. The van der Waals surface area contributed by atoms with Crippen LogP contribution in [0.5, 0.6) is 0 Å². The van der Waals surface area contributed by atoms with Crippen LogP contribution in [0.1, 0.15) is 25.5 Å². The third-order valence-corrected chi connectivity index (χ3v) is 3.81. The second-order valence-electron chi connectivity index (χ2n) is 5.42. The molecule has 0 bridgehead atoms. The molecule has 0 radical (unpaired) electrons. The van der Waals surface area contributed by atoms with Gasteiger partial charge in [0.05, 0.1) is 5.69 Å². The molecule has 1 aliphatic rings. The molecule has 7 heteroatoms. The average molecular weight is 275 g/mol. The number of hydrogen-bond donors (Lipinski definition) is 2. The molecule has 7 nitrogen and oxygen atoms in total. The summed E-state index contributed by atoms with van der Waals surface area (Å²) in [5.74, 6) is 1.12. The van der Waals surface area contributed by atoms with Gasteiger partial charge in [-0.05, 0) is 12.8 Å². The molecule has 1 fully saturated rings. The molecule has 0 saturated carbocycles. The third-order valence-electron chi connectivity index (χ3n) is 3.81. The zero-order valence-corrected chi connectivity index (χ0v) is 12.0. The van der Waals surface area contributed by atoms with E-state index in [1.165, 1.54) is 0 Å². The van der Waals surface area contributed by atoms with Crippen LogP contribution in [0, 0.1) is 0 Å². The summed E-state index contributed by atoms with van der Waals surface area (Å²) in [6.45, 7) is 3.83. The Hall–Kier alpha value is -1.89. The van der Waals surface area contributed by atoms with Crippen molar-refractivity contribution in [2.75, 3.05) is 23.7 Å². The van der Waals surface area contributed by atoms with E-state index < -0.39 is 0 Å². The minimum Gasteiger partial charge on any atom is -0.368 e. The first kappa shape index (κ1) is 13.1. The Labute approximate surface area is 118 Å². The molecule has 1 aliphatic heterocycles. The van der Waals surface area contributed by atoms with Crippen LogP contribution in [0.15, 0.2) is 0 Å². The first-order valence-electron chi connectivity index (χ1n) is 7.09. The molecule has 0 unspecified atom stereocenters. The van der Waals surface area contributed by atoms with Gasteiger partial charge in [0.1, 0.15) is 5.52 Å². The maximum absolute atomic E-state index is 5.99. The highest BCUT2D eigenvalue weighted by molar-refractivity contribution is 5.88. The van der Waals surface area contributed by atoms with Gasteiger partial charge in [-0.3, -0.25) is 4.68 Å². The van der Waals surface area contributed by atoms with E-state index in [0.717, 1.165) is 54.9 Å². The van der Waals surface area contributed by atoms with Gasteiger partial charge >= 0.3 is 0 Å². The number of nitrogens with two attached hydrogens (primary N) is 2. The molecule has 2 aromatic heterocycles. The number of hydrogen-bond acceptors (Lipinski definition) is 6. The summed E-state index contributed by atoms with van der Waals surface area (Å²) < 4.78 is 1.89. The van der Waals surface area contributed by atoms with Crippen LogP contribution in [0.3, 0.4) is 0 Å². The Morgan fingerprint density at radius 3 is 2.75 bits per heavy atom. The molecule has 0 aliphatic carbocycles. The van der Waals surface area contributed by atoms with E-state index in [9.17, 15) is 0 Å². The Bertz CT molecular complexity index is 633. The zero-order chi connectivity index (χ0) is 14.3. The maximum atomic E-state index is 5.99. The maximum Gasteiger partial charge on any atom is 0.222 e. The van der Waals surface area contributed by atoms with E-state index in [2.05, 4.69) is 26.9 Å². The van der Waals surface area contributed by atoms with Crippen LogP contribution in [-0.2, 0) is 13.5 Å². The summed E-state index contributed by atoms with van der Waals surface area (Å²) in [6.07, 6.45) is 2.95. The minimum absolute atomic E-state index is 0.195. The third kappa shape index (κ3) is 2.07. The van der Waals surface area contributed by atoms with Crippen molar-refractivity contribution in [1.29, 1.82) is 0 Å². The van der Waals surface area contributed by atoms with Crippen molar-refractivity contribution < 1.29 is 0 Å². The number of aromatic nitrogens is 4. The SMILES string of the molecule is CCCc1c2nc(N)nc(N3CC[C@@H](N)C3)c2nn1C. The van der Waals surface area contributed by atoms with Crippen molar-refractivity contribution in [3.05, 3.63) is 5.69 Å². The molecular weight excluding hydrogens is 254 g/mol. The molecule has 4 N–H and O–H groups in total. The van der Waals surface area contributed by atoms with Gasteiger partial charge in [0.15, 0.2) is 11.3 Å². The molecule has 20 heavy (non-hydrogen) atoms. The summed E-state index contributed by atoms with van der Waals surface area (Å²) in [4.78, 5) is 10.9. The van der Waals surface area contributed by atoms with E-state index in [4.69, 9.17) is 11.5 Å². The second-order valence-corrected chi connectivity index (χ2v) is 5.42. The van der Waals surface area contributed by atoms with Crippen molar-refractivity contribution in [3.63, 3.8) is 0 Å². The number of rotatable bonds is 3. The standard InChI is InChI=1S/C13H21N7/c1-3-4-9-10-11(18-19(9)2)12(17-13(15)16-10)20-6-5-8(14)7-20/h8H,3-7,14H2,1-2H3,(H2,15,16)/t8-/m1/s1. The van der Waals surface area contributed by atoms with E-state index >= 15 is 0 Å². The predicted octanol–water partition coefficient (Wildman–Crippen LogP) is 0.435. The normalized spacial score (nSPS) is 19.1. The van der Waals surface area contributed by atoms with E-state index in [0.29, 0.717) is 5.95 Å². The predicted molar refractivity (Wildman–Crippen MR) is 79.5 cm³/mol. The van der Waals surface area contributed by atoms with Gasteiger partial charge < -0.3 is 16.4 Å². The van der Waals surface area contributed by atoms with Crippen molar-refractivity contribution in [2.24, 2.45) is 12.8 Å². The summed E-state index contributed by atoms with van der Waals surface area (Å²) in [6, 6.07) is 0.195. The lowest BCUT2D eigenvalue weighted by Gasteiger charge is -2.17. The molecule has 0 amide bonds. The topological polar surface area (TPSA) is 98.9 Å². The summed E-state index contributed by atoms with van der Waals surface area (Å²) in [5.41, 5.74) is 14.7. The lowest BCUT2D eigenvalue weighted by molar-refractivity contribution is 0.705. The fourth-order valence-corrected chi connectivity index (χ4v) is 2.83. The summed E-state index contributed by atoms with van der Waals surface area (Å²) in [5, 5.41) is 4.60. The van der Waals surface area contributed by atoms with Crippen LogP contribution >= 0.6 is 0 Å². The van der Waals surface area contributed by atoms with E-state index in [-0.39, 0.29) is 6.04 Å². The van der Waals surface area contributed by atoms with Gasteiger partial charge in [-0.15, -0.1) is 0 Å². The van der Waals surface area contributed by atoms with Gasteiger partial charge in [0, 0.05) is 26.2 Å². The molecule has 3 rings (SSSR count). The number of fused-ring (bicyclic) bond motifs is 1. The Morgan fingerprint density at radius 1 is 1.30 bits per heavy atom. The lowest BCUT2D eigenvalue weighted by atomic mass is 10.2. The quantitative estimate of drug-likeness (QED) is 0.843. The van der Waals surface area contributed by atoms with Gasteiger partial charge in [0.25, 0.3) is 0 Å². The molecule has 1 saturated heterocycles. The Balaban J connectivity index is 2.15.